The Bertz CT molecular complexity index is 1280. The molecule has 1 saturated carbocycles. The fourth-order valence-corrected chi connectivity index (χ4v) is 6.72. The molecule has 0 aromatic rings. The van der Waals surface area contributed by atoms with Gasteiger partial charge in [-0.2, -0.15) is 0 Å². The average molecular weight is 651 g/mol. The number of unbranched alkanes of at least 4 members (excludes halogenated alkanes) is 3. The van der Waals surface area contributed by atoms with Crippen LogP contribution in [0.5, 0.6) is 0 Å². The summed E-state index contributed by atoms with van der Waals surface area (Å²) in [6.45, 7) is 14.0. The maximum Gasteiger partial charge on any atom is 0.341 e. The van der Waals surface area contributed by atoms with Gasteiger partial charge in [-0.05, 0) is 58.6 Å². The molecule has 258 valence electrons. The Morgan fingerprint density at radius 3 is 2.26 bits per heavy atom. The lowest BCUT2D eigenvalue weighted by atomic mass is 9.75. The first-order valence-corrected chi connectivity index (χ1v) is 16.2. The maximum absolute atomic E-state index is 13.3. The second-order valence-corrected chi connectivity index (χ2v) is 13.2. The molecular formula is C34H50O12. The predicted molar refractivity (Wildman–Crippen MR) is 164 cm³/mol. The van der Waals surface area contributed by atoms with E-state index in [1.165, 1.54) is 13.8 Å². The fraction of sp³-hybridized carbons (Fsp3) is 0.735. The molecule has 0 amide bonds. The van der Waals surface area contributed by atoms with Crippen LogP contribution in [0.2, 0.25) is 0 Å². The summed E-state index contributed by atoms with van der Waals surface area (Å²) in [6, 6.07) is 0. The molecule has 1 aliphatic heterocycles. The first-order chi connectivity index (χ1) is 21.4. The third kappa shape index (κ3) is 6.74. The normalized spacial score (nSPS) is 34.5. The second kappa shape index (κ2) is 14.3. The number of carbonyl (C=O) groups is 5. The van der Waals surface area contributed by atoms with Crippen molar-refractivity contribution in [1.29, 1.82) is 0 Å². The van der Waals surface area contributed by atoms with Crippen LogP contribution in [0.4, 0.5) is 0 Å². The molecule has 2 fully saturated rings. The van der Waals surface area contributed by atoms with Gasteiger partial charge in [-0.1, -0.05) is 46.1 Å². The summed E-state index contributed by atoms with van der Waals surface area (Å²) in [5, 5.41) is 24.0. The van der Waals surface area contributed by atoms with Crippen molar-refractivity contribution >= 4 is 29.8 Å². The van der Waals surface area contributed by atoms with Crippen molar-refractivity contribution in [2.45, 2.75) is 148 Å². The Balaban J connectivity index is 2.28. The second-order valence-electron chi connectivity index (χ2n) is 13.2. The molecule has 2 unspecified atom stereocenters. The van der Waals surface area contributed by atoms with Crippen molar-refractivity contribution in [2.75, 3.05) is 0 Å². The number of carbonyl (C=O) groups excluding carboxylic acids is 5. The molecule has 0 aromatic heterocycles. The van der Waals surface area contributed by atoms with Gasteiger partial charge in [0, 0.05) is 25.3 Å². The molecule has 0 bridgehead atoms. The van der Waals surface area contributed by atoms with Crippen molar-refractivity contribution < 1.29 is 57.9 Å². The first-order valence-electron chi connectivity index (χ1n) is 16.2. The SMILES string of the molecule is C/C=C(\C)C(=O)O[C@@H]1C(C)=C2C([C@H]1OC(=O)CCCCCC)[C@](C)(OC(C)=O)C[C@H](OC(=O)C(C)CC)[C@@]1(O)[C@@H]2OC(=O)[C@]1(C)O. The van der Waals surface area contributed by atoms with E-state index in [9.17, 15) is 34.2 Å². The highest BCUT2D eigenvalue weighted by molar-refractivity contribution is 5.88. The number of ether oxygens (including phenoxy) is 5. The van der Waals surface area contributed by atoms with Gasteiger partial charge in [0.2, 0.25) is 0 Å². The van der Waals surface area contributed by atoms with Gasteiger partial charge in [0.15, 0.2) is 29.5 Å². The molecule has 46 heavy (non-hydrogen) atoms. The van der Waals surface area contributed by atoms with E-state index in [0.717, 1.165) is 26.2 Å². The Labute approximate surface area is 270 Å². The van der Waals surface area contributed by atoms with Gasteiger partial charge >= 0.3 is 29.8 Å². The summed E-state index contributed by atoms with van der Waals surface area (Å²) < 4.78 is 29.4. The lowest BCUT2D eigenvalue weighted by Crippen LogP contribution is -2.64. The highest BCUT2D eigenvalue weighted by Gasteiger charge is 2.76. The summed E-state index contributed by atoms with van der Waals surface area (Å²) in [4.78, 5) is 65.4. The Morgan fingerprint density at radius 1 is 1.04 bits per heavy atom. The maximum atomic E-state index is 13.3. The zero-order valence-electron chi connectivity index (χ0n) is 28.5. The number of allylic oxidation sites excluding steroid dienone is 1. The van der Waals surface area contributed by atoms with Crippen LogP contribution in [0.1, 0.15) is 107 Å². The van der Waals surface area contributed by atoms with E-state index < -0.39 is 89.3 Å². The molecule has 2 aliphatic carbocycles. The van der Waals surface area contributed by atoms with Crippen molar-refractivity contribution in [3.63, 3.8) is 0 Å². The number of fused-ring (bicyclic) bond motifs is 3. The number of hydrogen-bond donors (Lipinski definition) is 2. The van der Waals surface area contributed by atoms with Crippen molar-refractivity contribution in [3.8, 4) is 0 Å². The molecule has 2 N–H and O–H groups in total. The summed E-state index contributed by atoms with van der Waals surface area (Å²) in [5.41, 5.74) is -6.16. The highest BCUT2D eigenvalue weighted by Crippen LogP contribution is 2.57. The molecule has 3 rings (SSSR count). The minimum Gasteiger partial charge on any atom is -0.459 e. The molecule has 0 radical (unpaired) electrons. The van der Waals surface area contributed by atoms with E-state index in [4.69, 9.17) is 23.7 Å². The van der Waals surface area contributed by atoms with Crippen LogP contribution in [-0.4, -0.2) is 81.3 Å². The minimum absolute atomic E-state index is 0.0721. The highest BCUT2D eigenvalue weighted by atomic mass is 16.6. The molecule has 9 atom stereocenters. The lowest BCUT2D eigenvalue weighted by molar-refractivity contribution is -0.214. The predicted octanol–water partition coefficient (Wildman–Crippen LogP) is 3.78. The standard InChI is InChI=1S/C34H50O12/c1-10-13-14-15-16-23(36)43-27-25-24(20(6)26(27)44-30(38)19(5)12-3)28-34(41,33(9,40)31(39)45-28)22(42-29(37)18(4)11-2)17-32(25,8)46-21(7)35/h12,18,22,25-28,40-41H,10-11,13-17H2,1-9H3/b19-12+/t18?,22-,25?,26+,27+,28+,32+,33-,34+/m0/s1. The van der Waals surface area contributed by atoms with Gasteiger partial charge in [-0.25, -0.2) is 9.59 Å². The molecule has 12 heteroatoms. The third-order valence-electron chi connectivity index (χ3n) is 9.81. The summed E-state index contributed by atoms with van der Waals surface area (Å²) >= 11 is 0. The Hall–Kier alpha value is -3.25. The smallest absolute Gasteiger partial charge is 0.341 e. The van der Waals surface area contributed by atoms with Crippen LogP contribution < -0.4 is 0 Å². The molecule has 12 nitrogen and oxygen atoms in total. The van der Waals surface area contributed by atoms with E-state index in [0.29, 0.717) is 12.8 Å². The minimum atomic E-state index is -2.58. The van der Waals surface area contributed by atoms with Crippen molar-refractivity contribution in [3.05, 3.63) is 22.8 Å². The van der Waals surface area contributed by atoms with Crippen LogP contribution in [0.15, 0.2) is 22.8 Å². The molecule has 0 spiro atoms. The van der Waals surface area contributed by atoms with E-state index >= 15 is 0 Å². The van der Waals surface area contributed by atoms with E-state index in [1.807, 2.05) is 6.92 Å². The topological polar surface area (TPSA) is 172 Å². The van der Waals surface area contributed by atoms with Gasteiger partial charge in [-0.15, -0.1) is 0 Å². The third-order valence-corrected chi connectivity index (χ3v) is 9.81. The molecule has 0 aromatic carbocycles. The molecule has 1 saturated heterocycles. The van der Waals surface area contributed by atoms with Crippen LogP contribution in [0, 0.1) is 11.8 Å². The van der Waals surface area contributed by atoms with Gasteiger partial charge < -0.3 is 33.9 Å². The van der Waals surface area contributed by atoms with E-state index in [-0.39, 0.29) is 23.1 Å². The van der Waals surface area contributed by atoms with Crippen molar-refractivity contribution in [2.24, 2.45) is 11.8 Å². The Kier molecular flexibility index (Phi) is 11.5. The molecular weight excluding hydrogens is 600 g/mol. The number of hydrogen-bond acceptors (Lipinski definition) is 12. The van der Waals surface area contributed by atoms with E-state index in [1.54, 1.807) is 40.7 Å². The number of aliphatic hydroxyl groups is 2. The molecule has 3 aliphatic rings. The first kappa shape index (κ1) is 37.2. The van der Waals surface area contributed by atoms with Gasteiger partial charge in [0.1, 0.15) is 11.7 Å². The van der Waals surface area contributed by atoms with E-state index in [2.05, 4.69) is 0 Å². The average Bonchev–Trinajstić information content (AvgIpc) is 3.32. The summed E-state index contributed by atoms with van der Waals surface area (Å²) in [7, 11) is 0. The van der Waals surface area contributed by atoms with Gasteiger partial charge in [0.25, 0.3) is 0 Å². The Morgan fingerprint density at radius 2 is 1.70 bits per heavy atom. The largest absolute Gasteiger partial charge is 0.459 e. The van der Waals surface area contributed by atoms with Crippen molar-refractivity contribution in [1.82, 2.24) is 0 Å². The molecule has 1 heterocycles. The zero-order chi connectivity index (χ0) is 34.8. The van der Waals surface area contributed by atoms with Crippen LogP contribution in [0.3, 0.4) is 0 Å². The number of esters is 5. The summed E-state index contributed by atoms with van der Waals surface area (Å²) in [6.07, 6.45) is -0.921. The lowest BCUT2D eigenvalue weighted by Gasteiger charge is -2.42. The van der Waals surface area contributed by atoms with Gasteiger partial charge in [-0.3, -0.25) is 14.4 Å². The fourth-order valence-electron chi connectivity index (χ4n) is 6.72. The summed E-state index contributed by atoms with van der Waals surface area (Å²) in [5.74, 6) is -5.65. The van der Waals surface area contributed by atoms with Crippen LogP contribution in [0.25, 0.3) is 0 Å². The van der Waals surface area contributed by atoms with Gasteiger partial charge in [0.05, 0.1) is 11.8 Å². The quantitative estimate of drug-likeness (QED) is 0.103. The van der Waals surface area contributed by atoms with Crippen LogP contribution in [-0.2, 0) is 47.7 Å². The zero-order valence-corrected chi connectivity index (χ0v) is 28.5. The van der Waals surface area contributed by atoms with Crippen LogP contribution >= 0.6 is 0 Å². The number of rotatable bonds is 12. The monoisotopic (exact) mass is 650 g/mol.